The summed E-state index contributed by atoms with van der Waals surface area (Å²) in [5.74, 6) is 0. The molecule has 658 valence electrons. The number of halogens is 4. The van der Waals surface area contributed by atoms with E-state index in [1.165, 1.54) is 130 Å². The van der Waals surface area contributed by atoms with E-state index in [-0.39, 0.29) is 116 Å². The van der Waals surface area contributed by atoms with E-state index in [1.54, 1.807) is 0 Å². The zero-order valence-electron chi connectivity index (χ0n) is 76.6. The molecule has 0 atom stereocenters. The topological polar surface area (TPSA) is 0 Å². The summed E-state index contributed by atoms with van der Waals surface area (Å²) in [6, 6.07) is 100. The Balaban J connectivity index is 0.000000383. The van der Waals surface area contributed by atoms with Gasteiger partial charge in [0.15, 0.2) is 0 Å². The van der Waals surface area contributed by atoms with Crippen molar-refractivity contribution in [2.24, 2.45) is 0 Å². The van der Waals surface area contributed by atoms with Gasteiger partial charge in [-0.05, 0) is 267 Å². The molecule has 0 nitrogen and oxygen atoms in total. The minimum absolute atomic E-state index is 0. The number of benzene rings is 15. The molecule has 16 heteroatoms. The van der Waals surface area contributed by atoms with Crippen LogP contribution in [-0.2, 0) is 84.3 Å². The molecule has 0 fully saturated rings. The van der Waals surface area contributed by atoms with Crippen molar-refractivity contribution >= 4 is 191 Å². The Labute approximate surface area is 798 Å². The van der Waals surface area contributed by atoms with Gasteiger partial charge >= 0.3 is 0 Å². The van der Waals surface area contributed by atoms with Crippen LogP contribution in [0.25, 0.3) is 108 Å². The third-order valence-corrected chi connectivity index (χ3v) is 38.4. The molecule has 0 unspecified atom stereocenters. The van der Waals surface area contributed by atoms with Gasteiger partial charge in [0.1, 0.15) is 15.7 Å². The molecule has 0 aliphatic heterocycles. The first-order valence-corrected chi connectivity index (χ1v) is 50.0. The molecule has 0 bridgehead atoms. The Kier molecular flexibility index (Phi) is 51.8. The minimum Gasteiger partial charge on any atom is -0.554 e. The van der Waals surface area contributed by atoms with Gasteiger partial charge < -0.3 is 17.3 Å². The Hall–Kier alpha value is -4.65. The first-order chi connectivity index (χ1) is 56.4. The molecular weight excluding hydrogens is 2300 g/mol. The van der Waals surface area contributed by atoms with Gasteiger partial charge in [0, 0.05) is 116 Å². The van der Waals surface area contributed by atoms with Crippen LogP contribution >= 0.6 is 31.7 Å². The molecule has 0 amide bonds. The molecule has 0 aromatic heterocycles. The molecule has 0 aliphatic carbocycles. The standard InChI is InChI=1S/2C28H18B.C14H10.4C9H21P.2BF2.4Pt/c2*1-5-13-23-19(9-1)17-20-10-2-6-14-24(20)27(23)29-28-25-15-7-3-11-21(25)18-22-12-4-8-16-26(22)28;1-2-6-12-10-14-8-4-3-7-13(14)9-11(12)5-1;4*1-7(2)10(8(3)4)9(5)6;2*2-1-3;;;;/h2*1-18H;1-10H;4*7-9H,1-6H3;;;;;;/q2*-1;;;;;;2*-1;;;;/p+4. The fraction of sp³-hybridized carbons (Fsp3) is 0.340. The molecule has 15 aromatic carbocycles. The van der Waals surface area contributed by atoms with Gasteiger partial charge in [0.25, 0.3) is 0 Å². The van der Waals surface area contributed by atoms with Gasteiger partial charge in [-0.3, -0.25) is 36.4 Å². The molecule has 0 aliphatic rings. The third kappa shape index (κ3) is 31.9. The normalized spacial score (nSPS) is 11.2. The monoisotopic (exact) mass is 2430 g/mol. The van der Waals surface area contributed by atoms with Gasteiger partial charge in [-0.15, -0.1) is 0 Å². The summed E-state index contributed by atoms with van der Waals surface area (Å²) in [5, 5.41) is 25.8. The van der Waals surface area contributed by atoms with Crippen LogP contribution in [0.5, 0.6) is 0 Å². The van der Waals surface area contributed by atoms with E-state index in [1.807, 2.05) is 0 Å². The molecule has 0 N–H and O–H groups in total. The maximum atomic E-state index is 9.50. The van der Waals surface area contributed by atoms with Crippen molar-refractivity contribution in [2.75, 3.05) is 0 Å². The minimum atomic E-state index is -1.00. The van der Waals surface area contributed by atoms with Crippen LogP contribution in [0.3, 0.4) is 0 Å². The molecule has 15 rings (SSSR count). The summed E-state index contributed by atoms with van der Waals surface area (Å²) in [6.45, 7) is 56.9. The van der Waals surface area contributed by atoms with E-state index in [0.29, 0.717) is 0 Å². The third-order valence-electron chi connectivity index (χ3n) is 22.4. The van der Waals surface area contributed by atoms with Crippen molar-refractivity contribution in [3.8, 4) is 0 Å². The van der Waals surface area contributed by atoms with E-state index >= 15 is 0 Å². The van der Waals surface area contributed by atoms with E-state index in [0.717, 1.165) is 67.9 Å². The second-order valence-electron chi connectivity index (χ2n) is 34.8. The van der Waals surface area contributed by atoms with Crippen LogP contribution < -0.4 is 21.9 Å². The molecule has 122 heavy (non-hydrogen) atoms. The summed E-state index contributed by atoms with van der Waals surface area (Å²) >= 11 is 0. The number of hydrogen-bond acceptors (Lipinski definition) is 0. The molecule has 15 aromatic rings. The second-order valence-corrected chi connectivity index (χ2v) is 52.6. The molecule has 0 saturated carbocycles. The fourth-order valence-electron chi connectivity index (χ4n) is 19.0. The van der Waals surface area contributed by atoms with Gasteiger partial charge in [-0.1, -0.05) is 286 Å². The predicted molar refractivity (Wildman–Crippen MR) is 548 cm³/mol. The number of hydrogen-bond donors (Lipinski definition) is 0. The molecule has 0 heterocycles. The Bertz CT molecular complexity index is 4610. The Morgan fingerprint density at radius 1 is 0.164 bits per heavy atom. The summed E-state index contributed by atoms with van der Waals surface area (Å²) in [7, 11) is 2.41. The predicted octanol–water partition coefficient (Wildman–Crippen LogP) is 30.5. The average molecular weight is 2430 g/mol. The fourth-order valence-corrected chi connectivity index (χ4v) is 35.0. The number of fused-ring (bicyclic) bond motifs is 10. The molecule has 0 spiro atoms. The second kappa shape index (κ2) is 56.6. The maximum Gasteiger partial charge on any atom is 0.108 e. The van der Waals surface area contributed by atoms with Gasteiger partial charge in [-0.25, -0.2) is 0 Å². The first kappa shape index (κ1) is 112. The summed E-state index contributed by atoms with van der Waals surface area (Å²) in [6.07, 6.45) is 0. The van der Waals surface area contributed by atoms with E-state index in [2.05, 4.69) is 460 Å². The summed E-state index contributed by atoms with van der Waals surface area (Å²) in [5.41, 5.74) is 16.4. The smallest absolute Gasteiger partial charge is 0.108 e. The van der Waals surface area contributed by atoms with E-state index in [4.69, 9.17) is 0 Å². The first-order valence-electron chi connectivity index (χ1n) is 43.1. The van der Waals surface area contributed by atoms with Crippen LogP contribution in [0.2, 0.25) is 0 Å². The van der Waals surface area contributed by atoms with Crippen molar-refractivity contribution < 1.29 is 102 Å². The van der Waals surface area contributed by atoms with Gasteiger partial charge in [-0.2, -0.15) is 0 Å². The van der Waals surface area contributed by atoms with Crippen LogP contribution in [0.15, 0.2) is 279 Å². The van der Waals surface area contributed by atoms with Crippen molar-refractivity contribution in [3.63, 3.8) is 0 Å². The van der Waals surface area contributed by atoms with Crippen molar-refractivity contribution in [1.82, 2.24) is 0 Å². The summed E-state index contributed by atoms with van der Waals surface area (Å²) in [4.78, 5) is 0. The molecule has 0 saturated heterocycles. The van der Waals surface area contributed by atoms with Crippen molar-refractivity contribution in [2.45, 2.75) is 234 Å². The van der Waals surface area contributed by atoms with Crippen LogP contribution in [-0.4, -0.2) is 98.1 Å². The van der Waals surface area contributed by atoms with Crippen LogP contribution in [0.1, 0.15) is 166 Å². The molecular formula is C106H134B4F4P4Pt4. The van der Waals surface area contributed by atoms with Crippen molar-refractivity contribution in [1.29, 1.82) is 0 Å². The average Bonchev–Trinajstić information content (AvgIpc) is 0.758. The SMILES string of the molecule is CC(C)[PH+](C(C)C)C(C)C.CC(C)[PH+](C(C)C)C(C)C.CC(C)[PH+](C(C)C)C(C)C.CC(C)[PH+](C(C)C)C(C)C.F[B-]F.F[B-]F.[B-](c1c2ccccc2cc2ccccc12)c1c2ccccc2cc2ccccc12.[B-](c1c2ccccc2cc2ccccc12)c1c2ccccc2cc2ccccc12.[Pt].[Pt].[Pt].[Pt].c1ccc2cc3ccccc3cc2c1. The van der Waals surface area contributed by atoms with Crippen LogP contribution in [0.4, 0.5) is 17.3 Å². The van der Waals surface area contributed by atoms with Crippen molar-refractivity contribution in [3.05, 3.63) is 279 Å². The zero-order valence-corrected chi connectivity index (χ0v) is 89.7. The van der Waals surface area contributed by atoms with Crippen LogP contribution in [0, 0.1) is 0 Å². The maximum absolute atomic E-state index is 9.50. The van der Waals surface area contributed by atoms with E-state index < -0.39 is 15.7 Å². The van der Waals surface area contributed by atoms with Gasteiger partial charge in [0.2, 0.25) is 0 Å². The number of rotatable bonds is 16. The quantitative estimate of drug-likeness (QED) is 0.0391. The largest absolute Gasteiger partial charge is 0.554 e. The molecule has 8 radical (unpaired) electrons. The van der Waals surface area contributed by atoms with E-state index in [9.17, 15) is 17.3 Å². The summed E-state index contributed by atoms with van der Waals surface area (Å²) < 4.78 is 38.0. The Morgan fingerprint density at radius 3 is 0.352 bits per heavy atom. The van der Waals surface area contributed by atoms with Gasteiger partial charge in [0.05, 0.1) is 67.9 Å². The Morgan fingerprint density at radius 2 is 0.254 bits per heavy atom. The zero-order chi connectivity index (χ0) is 86.4.